The molecule has 0 N–H and O–H groups in total. The van der Waals surface area contributed by atoms with Gasteiger partial charge < -0.3 is 14.2 Å². The van der Waals surface area contributed by atoms with Crippen LogP contribution < -0.4 is 0 Å². The van der Waals surface area contributed by atoms with Crippen molar-refractivity contribution < 1.29 is 28.6 Å². The minimum atomic E-state index is -0.595. The van der Waals surface area contributed by atoms with Gasteiger partial charge in [-0.25, -0.2) is 9.59 Å². The zero-order chi connectivity index (χ0) is 35.6. The Morgan fingerprint density at radius 3 is 1.98 bits per heavy atom. The second kappa shape index (κ2) is 12.7. The number of ether oxygens (including phenoxy) is 3. The van der Waals surface area contributed by atoms with Crippen LogP contribution in [0.15, 0.2) is 72.3 Å². The van der Waals surface area contributed by atoms with Crippen LogP contribution in [0.4, 0.5) is 0 Å². The van der Waals surface area contributed by atoms with Gasteiger partial charge in [-0.05, 0) is 121 Å². The number of methoxy groups -OCH3 is 1. The van der Waals surface area contributed by atoms with Crippen LogP contribution >= 0.6 is 0 Å². The number of allylic oxidation sites excluding steroid dienone is 2. The van der Waals surface area contributed by atoms with Crippen molar-refractivity contribution >= 4 is 17.9 Å². The lowest BCUT2D eigenvalue weighted by Gasteiger charge is -2.71. The Balaban J connectivity index is 1.26. The zero-order valence-electron chi connectivity index (χ0n) is 31.1. The maximum absolute atomic E-state index is 13.7. The average molecular weight is 681 g/mol. The molecule has 5 aliphatic rings. The van der Waals surface area contributed by atoms with E-state index in [9.17, 15) is 14.4 Å². The number of benzene rings is 2. The van der Waals surface area contributed by atoms with Crippen LogP contribution in [-0.2, 0) is 19.0 Å². The molecule has 0 spiro atoms. The van der Waals surface area contributed by atoms with Gasteiger partial charge in [0.05, 0.1) is 24.2 Å². The van der Waals surface area contributed by atoms with Crippen LogP contribution in [0, 0.1) is 57.2 Å². The number of esters is 3. The Kier molecular flexibility index (Phi) is 8.87. The second-order valence-electron chi connectivity index (χ2n) is 17.7. The van der Waals surface area contributed by atoms with Crippen LogP contribution in [0.5, 0.6) is 0 Å². The molecule has 268 valence electrons. The first-order valence-electron chi connectivity index (χ1n) is 19.1. The Morgan fingerprint density at radius 2 is 1.36 bits per heavy atom. The number of rotatable bonds is 5. The third-order valence-corrected chi connectivity index (χ3v) is 15.3. The minimum Gasteiger partial charge on any atom is -0.469 e. The maximum Gasteiger partial charge on any atom is 0.338 e. The predicted octanol–water partition coefficient (Wildman–Crippen LogP) is 9.49. The lowest BCUT2D eigenvalue weighted by molar-refractivity contribution is -0.230. The summed E-state index contributed by atoms with van der Waals surface area (Å²) in [4.78, 5) is 40.4. The van der Waals surface area contributed by atoms with Gasteiger partial charge >= 0.3 is 17.9 Å². The minimum absolute atomic E-state index is 0.00825. The zero-order valence-corrected chi connectivity index (χ0v) is 31.1. The van der Waals surface area contributed by atoms with Crippen LogP contribution in [0.2, 0.25) is 0 Å². The van der Waals surface area contributed by atoms with Crippen molar-refractivity contribution in [2.75, 3.05) is 7.11 Å². The molecule has 50 heavy (non-hydrogen) atoms. The van der Waals surface area contributed by atoms with Crippen molar-refractivity contribution in [3.8, 4) is 0 Å². The van der Waals surface area contributed by atoms with Gasteiger partial charge in [-0.1, -0.05) is 89.6 Å². The molecule has 5 aliphatic carbocycles. The van der Waals surface area contributed by atoms with E-state index < -0.39 is 17.6 Å². The smallest absolute Gasteiger partial charge is 0.338 e. The quantitative estimate of drug-likeness (QED) is 0.178. The fourth-order valence-corrected chi connectivity index (χ4v) is 12.8. The van der Waals surface area contributed by atoms with E-state index in [1.165, 1.54) is 7.11 Å². The van der Waals surface area contributed by atoms with Crippen molar-refractivity contribution in [1.82, 2.24) is 0 Å². The van der Waals surface area contributed by atoms with Crippen molar-refractivity contribution in [3.63, 3.8) is 0 Å². The van der Waals surface area contributed by atoms with Crippen molar-refractivity contribution in [1.29, 1.82) is 0 Å². The summed E-state index contributed by atoms with van der Waals surface area (Å²) >= 11 is 0. The molecular formula is C44H56O6. The molecule has 6 nitrogen and oxygen atoms in total. The van der Waals surface area contributed by atoms with Gasteiger partial charge in [0, 0.05) is 5.41 Å². The van der Waals surface area contributed by atoms with Crippen molar-refractivity contribution in [2.24, 2.45) is 57.2 Å². The van der Waals surface area contributed by atoms with E-state index in [1.54, 1.807) is 29.8 Å². The van der Waals surface area contributed by atoms with Gasteiger partial charge in [-0.3, -0.25) is 4.79 Å². The molecule has 0 saturated heterocycles. The molecule has 6 heteroatoms. The van der Waals surface area contributed by atoms with E-state index in [2.05, 4.69) is 47.6 Å². The molecule has 11 unspecified atom stereocenters. The molecule has 11 atom stereocenters. The first-order chi connectivity index (χ1) is 23.8. The summed E-state index contributed by atoms with van der Waals surface area (Å²) in [5.74, 6) is 1.09. The van der Waals surface area contributed by atoms with Gasteiger partial charge in [0.25, 0.3) is 0 Å². The summed E-state index contributed by atoms with van der Waals surface area (Å²) in [6, 6.07) is 18.3. The summed E-state index contributed by atoms with van der Waals surface area (Å²) in [7, 11) is 1.54. The van der Waals surface area contributed by atoms with Gasteiger partial charge in [-0.15, -0.1) is 0 Å². The Bertz CT molecular complexity index is 1650. The van der Waals surface area contributed by atoms with Crippen LogP contribution in [0.25, 0.3) is 0 Å². The number of hydrogen-bond acceptors (Lipinski definition) is 6. The first-order valence-corrected chi connectivity index (χ1v) is 19.1. The molecule has 7 rings (SSSR count). The largest absolute Gasteiger partial charge is 0.469 e. The van der Waals surface area contributed by atoms with Gasteiger partial charge in [0.1, 0.15) is 12.2 Å². The van der Waals surface area contributed by atoms with Gasteiger partial charge in [0.15, 0.2) is 0 Å². The molecule has 2 aromatic rings. The molecule has 0 aliphatic heterocycles. The van der Waals surface area contributed by atoms with E-state index in [0.717, 1.165) is 44.9 Å². The fourth-order valence-electron chi connectivity index (χ4n) is 12.8. The highest BCUT2D eigenvalue weighted by Gasteiger charge is 2.69. The topological polar surface area (TPSA) is 78.9 Å². The monoisotopic (exact) mass is 680 g/mol. The summed E-state index contributed by atoms with van der Waals surface area (Å²) in [6.45, 7) is 14.4. The maximum atomic E-state index is 13.7. The van der Waals surface area contributed by atoms with Crippen LogP contribution in [-0.4, -0.2) is 37.2 Å². The molecule has 4 fully saturated rings. The number of carbonyl (C=O) groups excluding carboxylic acids is 3. The highest BCUT2D eigenvalue weighted by atomic mass is 16.6. The lowest BCUT2D eigenvalue weighted by Crippen LogP contribution is -2.67. The normalized spacial score (nSPS) is 40.0. The third kappa shape index (κ3) is 5.29. The van der Waals surface area contributed by atoms with Gasteiger partial charge in [-0.2, -0.15) is 0 Å². The highest BCUT2D eigenvalue weighted by Crippen LogP contribution is 2.74. The van der Waals surface area contributed by atoms with Crippen molar-refractivity contribution in [2.45, 2.75) is 105 Å². The fraction of sp³-hybridized carbons (Fsp3) is 0.614. The molecule has 0 radical (unpaired) electrons. The number of hydrogen-bond donors (Lipinski definition) is 0. The van der Waals surface area contributed by atoms with E-state index in [-0.39, 0.29) is 46.0 Å². The Hall–Kier alpha value is -3.41. The van der Waals surface area contributed by atoms with E-state index in [0.29, 0.717) is 41.2 Å². The van der Waals surface area contributed by atoms with Crippen LogP contribution in [0.1, 0.15) is 114 Å². The number of carbonyl (C=O) groups is 3. The molecule has 4 saturated carbocycles. The van der Waals surface area contributed by atoms with Crippen LogP contribution in [0.3, 0.4) is 0 Å². The summed E-state index contributed by atoms with van der Waals surface area (Å²) in [6.07, 6.45) is 9.22. The predicted molar refractivity (Wildman–Crippen MR) is 193 cm³/mol. The molecule has 2 aromatic carbocycles. The summed E-state index contributed by atoms with van der Waals surface area (Å²) < 4.78 is 18.3. The first kappa shape index (κ1) is 35.0. The van der Waals surface area contributed by atoms with E-state index in [4.69, 9.17) is 14.2 Å². The summed E-state index contributed by atoms with van der Waals surface area (Å²) in [5, 5.41) is 0. The lowest BCUT2D eigenvalue weighted by atomic mass is 9.34. The van der Waals surface area contributed by atoms with Gasteiger partial charge in [0.2, 0.25) is 0 Å². The highest BCUT2D eigenvalue weighted by molar-refractivity contribution is 5.90. The third-order valence-electron chi connectivity index (χ3n) is 15.3. The summed E-state index contributed by atoms with van der Waals surface area (Å²) in [5.41, 5.74) is 2.02. The molecule has 0 aromatic heterocycles. The molecule has 0 amide bonds. The molecule has 0 heterocycles. The van der Waals surface area contributed by atoms with Crippen molar-refractivity contribution in [3.05, 3.63) is 83.4 Å². The SMILES string of the molecule is COC(=O)C1CCC(C)C2C3=CCC4C5(C)CC(OC(=O)c6ccccc6)C(OC(=O)c6ccccc6)C(C)(C)C5CCC4(C)C3(C)CCC12. The Labute approximate surface area is 298 Å². The standard InChI is InChI=1S/C44H56O6/c1-27-18-19-31(40(47)48-7)30-22-24-43(5)32(36(27)30)20-21-35-42(4)26-33(49-38(45)28-14-10-8-11-15-28)37(50-39(46)29-16-12-9-13-17-29)41(2,3)34(42)23-25-44(35,43)6/h8-17,20,27,30-31,33-37H,18-19,21-26H2,1-7H3. The number of fused-ring (bicyclic) bond motifs is 7. The van der Waals surface area contributed by atoms with E-state index in [1.807, 2.05) is 36.4 Å². The molecular weight excluding hydrogens is 624 g/mol. The second-order valence-corrected chi connectivity index (χ2v) is 17.7. The Morgan fingerprint density at radius 1 is 0.740 bits per heavy atom. The van der Waals surface area contributed by atoms with E-state index >= 15 is 0 Å². The molecule has 0 bridgehead atoms. The average Bonchev–Trinajstić information content (AvgIpc) is 3.10.